The van der Waals surface area contributed by atoms with Crippen LogP contribution in [0.15, 0.2) is 60.7 Å². The van der Waals surface area contributed by atoms with Crippen molar-refractivity contribution >= 4 is 5.78 Å². The molecule has 2 nitrogen and oxygen atoms in total. The fraction of sp³-hybridized carbons (Fsp3) is 0.409. The second-order valence-corrected chi connectivity index (χ2v) is 6.42. The lowest BCUT2D eigenvalue weighted by atomic mass is 9.63. The number of rotatable bonds is 9. The van der Waals surface area contributed by atoms with Crippen molar-refractivity contribution < 1.29 is 9.53 Å². The lowest BCUT2D eigenvalue weighted by molar-refractivity contribution is -0.125. The zero-order valence-corrected chi connectivity index (χ0v) is 15.0. The van der Waals surface area contributed by atoms with Crippen LogP contribution in [0.1, 0.15) is 44.7 Å². The maximum Gasteiger partial charge on any atom is 0.148 e. The Morgan fingerprint density at radius 3 is 1.88 bits per heavy atom. The first kappa shape index (κ1) is 18.4. The molecule has 0 spiro atoms. The van der Waals surface area contributed by atoms with Gasteiger partial charge in [-0.25, -0.2) is 0 Å². The standard InChI is InChI=1S/C22H28O2/c1-4-24-17-11-16-21(23)22(18(2)3,19-12-7-5-8-13-19)20-14-9-6-10-15-20/h5-10,12-15,18H,4,11,16-17H2,1-3H3. The Labute approximate surface area is 145 Å². The minimum atomic E-state index is -0.602. The molecule has 2 rings (SSSR count). The fourth-order valence-electron chi connectivity index (χ4n) is 3.56. The molecule has 0 saturated carbocycles. The SMILES string of the molecule is CCOCCCC(=O)C(c1ccccc1)(c1ccccc1)C(C)C. The molecule has 0 N–H and O–H groups in total. The van der Waals surface area contributed by atoms with Gasteiger partial charge in [-0.1, -0.05) is 74.5 Å². The van der Waals surface area contributed by atoms with Gasteiger partial charge in [0.25, 0.3) is 0 Å². The lowest BCUT2D eigenvalue weighted by Crippen LogP contribution is -2.42. The number of carbonyl (C=O) groups is 1. The number of hydrogen-bond donors (Lipinski definition) is 0. The highest BCUT2D eigenvalue weighted by atomic mass is 16.5. The van der Waals surface area contributed by atoms with Crippen LogP contribution in [0.3, 0.4) is 0 Å². The summed E-state index contributed by atoms with van der Waals surface area (Å²) in [4.78, 5) is 13.4. The van der Waals surface area contributed by atoms with E-state index in [-0.39, 0.29) is 11.7 Å². The van der Waals surface area contributed by atoms with Crippen LogP contribution < -0.4 is 0 Å². The van der Waals surface area contributed by atoms with E-state index in [9.17, 15) is 4.79 Å². The van der Waals surface area contributed by atoms with Crippen LogP contribution in [0.25, 0.3) is 0 Å². The molecular formula is C22H28O2. The van der Waals surface area contributed by atoms with Gasteiger partial charge in [0.15, 0.2) is 0 Å². The predicted molar refractivity (Wildman–Crippen MR) is 99.2 cm³/mol. The van der Waals surface area contributed by atoms with Gasteiger partial charge < -0.3 is 4.74 Å². The Morgan fingerprint density at radius 1 is 0.958 bits per heavy atom. The highest BCUT2D eigenvalue weighted by Crippen LogP contribution is 2.41. The Bertz CT molecular complexity index is 577. The first-order chi connectivity index (χ1) is 11.6. The summed E-state index contributed by atoms with van der Waals surface area (Å²) in [7, 11) is 0. The van der Waals surface area contributed by atoms with Crippen molar-refractivity contribution in [3.8, 4) is 0 Å². The second kappa shape index (κ2) is 8.79. The minimum Gasteiger partial charge on any atom is -0.382 e. The first-order valence-electron chi connectivity index (χ1n) is 8.86. The van der Waals surface area contributed by atoms with E-state index in [0.29, 0.717) is 19.6 Å². The van der Waals surface area contributed by atoms with Gasteiger partial charge in [-0.15, -0.1) is 0 Å². The van der Waals surface area contributed by atoms with Gasteiger partial charge in [-0.05, 0) is 30.4 Å². The normalized spacial score (nSPS) is 11.7. The summed E-state index contributed by atoms with van der Waals surface area (Å²) in [5.74, 6) is 0.441. The fourth-order valence-corrected chi connectivity index (χ4v) is 3.56. The maximum atomic E-state index is 13.4. The topological polar surface area (TPSA) is 26.3 Å². The van der Waals surface area contributed by atoms with E-state index in [4.69, 9.17) is 4.74 Å². The summed E-state index contributed by atoms with van der Waals surface area (Å²) in [6, 6.07) is 20.4. The van der Waals surface area contributed by atoms with Crippen LogP contribution in [0.5, 0.6) is 0 Å². The molecule has 0 amide bonds. The molecule has 128 valence electrons. The van der Waals surface area contributed by atoms with Crippen molar-refractivity contribution in [3.63, 3.8) is 0 Å². The molecule has 24 heavy (non-hydrogen) atoms. The van der Waals surface area contributed by atoms with Crippen molar-refractivity contribution in [2.75, 3.05) is 13.2 Å². The molecule has 2 heteroatoms. The zero-order chi connectivity index (χ0) is 17.4. The van der Waals surface area contributed by atoms with Crippen molar-refractivity contribution in [1.29, 1.82) is 0 Å². The third-order valence-electron chi connectivity index (χ3n) is 4.66. The monoisotopic (exact) mass is 324 g/mol. The summed E-state index contributed by atoms with van der Waals surface area (Å²) in [6.45, 7) is 7.59. The number of benzene rings is 2. The van der Waals surface area contributed by atoms with E-state index in [0.717, 1.165) is 17.5 Å². The summed E-state index contributed by atoms with van der Waals surface area (Å²) in [5, 5.41) is 0. The highest BCUT2D eigenvalue weighted by molar-refractivity contribution is 5.94. The molecule has 0 aromatic heterocycles. The van der Waals surface area contributed by atoms with E-state index in [2.05, 4.69) is 38.1 Å². The molecule has 0 aliphatic heterocycles. The van der Waals surface area contributed by atoms with Crippen LogP contribution in [0, 0.1) is 5.92 Å². The zero-order valence-electron chi connectivity index (χ0n) is 15.0. The number of hydrogen-bond acceptors (Lipinski definition) is 2. The average molecular weight is 324 g/mol. The van der Waals surface area contributed by atoms with Gasteiger partial charge in [0.05, 0.1) is 5.41 Å². The van der Waals surface area contributed by atoms with E-state index in [1.54, 1.807) is 0 Å². The van der Waals surface area contributed by atoms with Crippen LogP contribution in [0.4, 0.5) is 0 Å². The smallest absolute Gasteiger partial charge is 0.148 e. The molecular weight excluding hydrogens is 296 g/mol. The summed E-state index contributed by atoms with van der Waals surface area (Å²) >= 11 is 0. The molecule has 2 aromatic carbocycles. The molecule has 0 unspecified atom stereocenters. The Morgan fingerprint density at radius 2 is 1.46 bits per heavy atom. The lowest BCUT2D eigenvalue weighted by Gasteiger charge is -2.37. The first-order valence-corrected chi connectivity index (χ1v) is 8.86. The molecule has 0 saturated heterocycles. The van der Waals surface area contributed by atoms with Gasteiger partial charge in [-0.2, -0.15) is 0 Å². The third-order valence-corrected chi connectivity index (χ3v) is 4.66. The summed E-state index contributed by atoms with van der Waals surface area (Å²) in [5.41, 5.74) is 1.55. The van der Waals surface area contributed by atoms with Crippen LogP contribution >= 0.6 is 0 Å². The van der Waals surface area contributed by atoms with E-state index >= 15 is 0 Å². The van der Waals surface area contributed by atoms with E-state index in [1.165, 1.54) is 0 Å². The second-order valence-electron chi connectivity index (χ2n) is 6.42. The molecule has 0 atom stereocenters. The van der Waals surface area contributed by atoms with Gasteiger partial charge in [0, 0.05) is 19.6 Å². The van der Waals surface area contributed by atoms with E-state index in [1.807, 2.05) is 43.3 Å². The van der Waals surface area contributed by atoms with Crippen molar-refractivity contribution in [2.24, 2.45) is 5.92 Å². The number of carbonyl (C=O) groups excluding carboxylic acids is 1. The quantitative estimate of drug-likeness (QED) is 0.606. The number of Topliss-reactive ketones (excluding diaryl/α,β-unsaturated/α-hetero) is 1. The van der Waals surface area contributed by atoms with Crippen molar-refractivity contribution in [3.05, 3.63) is 71.8 Å². The maximum absolute atomic E-state index is 13.4. The number of ketones is 1. The van der Waals surface area contributed by atoms with Gasteiger partial charge in [-0.3, -0.25) is 4.79 Å². The molecule has 0 heterocycles. The van der Waals surface area contributed by atoms with Gasteiger partial charge in [0.1, 0.15) is 5.78 Å². The Balaban J connectivity index is 2.45. The van der Waals surface area contributed by atoms with Crippen molar-refractivity contribution in [2.45, 2.75) is 39.0 Å². The largest absolute Gasteiger partial charge is 0.382 e. The summed E-state index contributed by atoms with van der Waals surface area (Å²) in [6.07, 6.45) is 1.29. The molecule has 0 aliphatic carbocycles. The summed E-state index contributed by atoms with van der Waals surface area (Å²) < 4.78 is 5.42. The Hall–Kier alpha value is -1.93. The molecule has 0 radical (unpaired) electrons. The van der Waals surface area contributed by atoms with Crippen LogP contribution in [0.2, 0.25) is 0 Å². The number of ether oxygens (including phenoxy) is 1. The van der Waals surface area contributed by atoms with Gasteiger partial charge >= 0.3 is 0 Å². The predicted octanol–water partition coefficient (Wildman–Crippen LogP) is 5.01. The third kappa shape index (κ3) is 3.76. The highest BCUT2D eigenvalue weighted by Gasteiger charge is 2.43. The minimum absolute atomic E-state index is 0.168. The molecule has 0 fully saturated rings. The van der Waals surface area contributed by atoms with Crippen LogP contribution in [-0.2, 0) is 14.9 Å². The molecule has 2 aromatic rings. The van der Waals surface area contributed by atoms with E-state index < -0.39 is 5.41 Å². The van der Waals surface area contributed by atoms with Crippen molar-refractivity contribution in [1.82, 2.24) is 0 Å². The Kier molecular flexibility index (Phi) is 6.74. The molecule has 0 bridgehead atoms. The van der Waals surface area contributed by atoms with Crippen LogP contribution in [-0.4, -0.2) is 19.0 Å². The van der Waals surface area contributed by atoms with Gasteiger partial charge in [0.2, 0.25) is 0 Å². The average Bonchev–Trinajstić information content (AvgIpc) is 2.61. The molecule has 0 aliphatic rings.